The van der Waals surface area contributed by atoms with E-state index in [1.165, 1.54) is 5.56 Å². The van der Waals surface area contributed by atoms with Crippen molar-refractivity contribution in [2.24, 2.45) is 4.99 Å². The molecule has 1 aromatic rings. The maximum atomic E-state index is 13.2. The molecule has 1 saturated heterocycles. The summed E-state index contributed by atoms with van der Waals surface area (Å²) in [5.41, 5.74) is 1.32. The molecule has 4 nitrogen and oxygen atoms in total. The molecule has 1 heterocycles. The molecule has 1 aromatic carbocycles. The molecule has 2 fully saturated rings. The fourth-order valence-electron chi connectivity index (χ4n) is 3.61. The van der Waals surface area contributed by atoms with Crippen molar-refractivity contribution in [2.75, 3.05) is 32.8 Å². The lowest BCUT2D eigenvalue weighted by Gasteiger charge is -2.34. The Hall–Kier alpha value is -1.62. The molecule has 1 aliphatic carbocycles. The van der Waals surface area contributed by atoms with E-state index in [1.54, 1.807) is 12.1 Å². The summed E-state index contributed by atoms with van der Waals surface area (Å²) < 4.78 is 18.9. The Morgan fingerprint density at radius 3 is 2.48 bits per heavy atom. The number of halogens is 1. The molecule has 1 aliphatic heterocycles. The number of guanidine groups is 1. The van der Waals surface area contributed by atoms with Crippen molar-refractivity contribution in [1.29, 1.82) is 0 Å². The highest BCUT2D eigenvalue weighted by molar-refractivity contribution is 5.80. The molecular formula is C20H30FN3O. The van der Waals surface area contributed by atoms with Gasteiger partial charge in [-0.2, -0.15) is 0 Å². The Labute approximate surface area is 150 Å². The van der Waals surface area contributed by atoms with Crippen molar-refractivity contribution in [3.8, 4) is 0 Å². The van der Waals surface area contributed by atoms with Gasteiger partial charge in [-0.15, -0.1) is 0 Å². The van der Waals surface area contributed by atoms with Crippen LogP contribution in [0.25, 0.3) is 0 Å². The van der Waals surface area contributed by atoms with Crippen LogP contribution >= 0.6 is 0 Å². The minimum atomic E-state index is -0.173. The number of nitrogens with one attached hydrogen (secondary N) is 1. The fourth-order valence-corrected chi connectivity index (χ4v) is 3.61. The zero-order valence-corrected chi connectivity index (χ0v) is 15.4. The number of ether oxygens (including phenoxy) is 1. The number of hydrogen-bond acceptors (Lipinski definition) is 2. The monoisotopic (exact) mass is 347 g/mol. The molecule has 3 rings (SSSR count). The Morgan fingerprint density at radius 1 is 1.24 bits per heavy atom. The highest BCUT2D eigenvalue weighted by atomic mass is 19.1. The van der Waals surface area contributed by atoms with Gasteiger partial charge in [0.1, 0.15) is 5.82 Å². The van der Waals surface area contributed by atoms with Crippen molar-refractivity contribution in [2.45, 2.75) is 51.0 Å². The van der Waals surface area contributed by atoms with E-state index in [0.29, 0.717) is 6.10 Å². The molecular weight excluding hydrogens is 317 g/mol. The van der Waals surface area contributed by atoms with E-state index in [2.05, 4.69) is 24.1 Å². The Bertz CT molecular complexity index is 575. The topological polar surface area (TPSA) is 36.9 Å². The minimum Gasteiger partial charge on any atom is -0.378 e. The lowest BCUT2D eigenvalue weighted by Crippen LogP contribution is -2.47. The molecule has 5 heteroatoms. The zero-order valence-electron chi connectivity index (χ0n) is 15.4. The van der Waals surface area contributed by atoms with Gasteiger partial charge in [0.25, 0.3) is 0 Å². The van der Waals surface area contributed by atoms with Crippen molar-refractivity contribution >= 4 is 5.96 Å². The predicted molar refractivity (Wildman–Crippen MR) is 99.5 cm³/mol. The normalized spacial score (nSPS) is 20.6. The summed E-state index contributed by atoms with van der Waals surface area (Å²) in [4.78, 5) is 7.29. The SMILES string of the molecule is CCNC(=NCC1(c2ccc(F)cc2)CC1)N1CCC(OCC)CC1. The number of piperidine rings is 1. The third-order valence-electron chi connectivity index (χ3n) is 5.32. The molecule has 2 aliphatic rings. The molecule has 0 unspecified atom stereocenters. The second-order valence-electron chi connectivity index (χ2n) is 7.10. The van der Waals surface area contributed by atoms with Gasteiger partial charge in [0.2, 0.25) is 0 Å². The van der Waals surface area contributed by atoms with Gasteiger partial charge in [-0.3, -0.25) is 4.99 Å². The Balaban J connectivity index is 1.63. The van der Waals surface area contributed by atoms with Gasteiger partial charge in [-0.25, -0.2) is 4.39 Å². The van der Waals surface area contributed by atoms with Gasteiger partial charge in [-0.05, 0) is 57.2 Å². The summed E-state index contributed by atoms with van der Waals surface area (Å²) in [6, 6.07) is 6.95. The zero-order chi connectivity index (χ0) is 17.7. The first-order valence-electron chi connectivity index (χ1n) is 9.58. The number of rotatable bonds is 6. The van der Waals surface area contributed by atoms with Crippen LogP contribution in [0.3, 0.4) is 0 Å². The third-order valence-corrected chi connectivity index (χ3v) is 5.32. The first-order valence-corrected chi connectivity index (χ1v) is 9.58. The summed E-state index contributed by atoms with van der Waals surface area (Å²) in [5.74, 6) is 0.833. The van der Waals surface area contributed by atoms with E-state index in [0.717, 1.165) is 64.4 Å². The Kier molecular flexibility index (Phi) is 5.94. The maximum absolute atomic E-state index is 13.2. The van der Waals surface area contributed by atoms with Crippen molar-refractivity contribution in [1.82, 2.24) is 10.2 Å². The molecule has 0 bridgehead atoms. The van der Waals surface area contributed by atoms with Gasteiger partial charge in [0.05, 0.1) is 12.6 Å². The van der Waals surface area contributed by atoms with E-state index in [-0.39, 0.29) is 11.2 Å². The summed E-state index contributed by atoms with van der Waals surface area (Å²) >= 11 is 0. The van der Waals surface area contributed by atoms with Crippen LogP contribution < -0.4 is 5.32 Å². The standard InChI is InChI=1S/C20H30FN3O/c1-3-22-19(24-13-9-18(10-14-24)25-4-2)23-15-20(11-12-20)16-5-7-17(21)8-6-16/h5-8,18H,3-4,9-15H2,1-2H3,(H,22,23). The lowest BCUT2D eigenvalue weighted by atomic mass is 9.96. The lowest BCUT2D eigenvalue weighted by molar-refractivity contribution is 0.0263. The number of hydrogen-bond donors (Lipinski definition) is 1. The molecule has 0 spiro atoms. The van der Waals surface area contributed by atoms with Gasteiger partial charge in [0, 0.05) is 31.7 Å². The van der Waals surface area contributed by atoms with Crippen LogP contribution in [0.5, 0.6) is 0 Å². The average molecular weight is 347 g/mol. The number of benzene rings is 1. The molecule has 0 amide bonds. The van der Waals surface area contributed by atoms with Gasteiger partial charge in [-0.1, -0.05) is 12.1 Å². The van der Waals surface area contributed by atoms with Crippen molar-refractivity contribution < 1.29 is 9.13 Å². The van der Waals surface area contributed by atoms with E-state index in [1.807, 2.05) is 12.1 Å². The molecule has 1 N–H and O–H groups in total. The van der Waals surface area contributed by atoms with Gasteiger partial charge >= 0.3 is 0 Å². The molecule has 0 radical (unpaired) electrons. The molecule has 0 atom stereocenters. The summed E-state index contributed by atoms with van der Waals surface area (Å²) in [6.45, 7) is 8.57. The van der Waals surface area contributed by atoms with E-state index < -0.39 is 0 Å². The molecule has 138 valence electrons. The predicted octanol–water partition coefficient (Wildman–Crippen LogP) is 3.32. The quantitative estimate of drug-likeness (QED) is 0.633. The average Bonchev–Trinajstić information content (AvgIpc) is 3.41. The smallest absolute Gasteiger partial charge is 0.193 e. The second-order valence-corrected chi connectivity index (χ2v) is 7.10. The fraction of sp³-hybridized carbons (Fsp3) is 0.650. The second kappa shape index (κ2) is 8.17. The van der Waals surface area contributed by atoms with Crippen LogP contribution in [0.15, 0.2) is 29.3 Å². The first kappa shape index (κ1) is 18.2. The molecule has 1 saturated carbocycles. The van der Waals surface area contributed by atoms with E-state index in [4.69, 9.17) is 9.73 Å². The first-order chi connectivity index (χ1) is 12.2. The number of likely N-dealkylation sites (tertiary alicyclic amines) is 1. The van der Waals surface area contributed by atoms with Crippen molar-refractivity contribution in [3.63, 3.8) is 0 Å². The maximum Gasteiger partial charge on any atom is 0.193 e. The summed E-state index contributed by atoms with van der Waals surface area (Å²) in [6.07, 6.45) is 4.77. The molecule has 25 heavy (non-hydrogen) atoms. The summed E-state index contributed by atoms with van der Waals surface area (Å²) in [7, 11) is 0. The van der Waals surface area contributed by atoms with Crippen LogP contribution in [0.4, 0.5) is 4.39 Å². The summed E-state index contributed by atoms with van der Waals surface area (Å²) in [5, 5.41) is 3.44. The Morgan fingerprint density at radius 2 is 1.92 bits per heavy atom. The van der Waals surface area contributed by atoms with Gasteiger partial charge in [0.15, 0.2) is 5.96 Å². The van der Waals surface area contributed by atoms with Gasteiger partial charge < -0.3 is 15.0 Å². The van der Waals surface area contributed by atoms with Crippen LogP contribution in [0.1, 0.15) is 45.1 Å². The minimum absolute atomic E-state index is 0.109. The molecule has 0 aromatic heterocycles. The largest absolute Gasteiger partial charge is 0.378 e. The van der Waals surface area contributed by atoms with Crippen molar-refractivity contribution in [3.05, 3.63) is 35.6 Å². The van der Waals surface area contributed by atoms with Crippen LogP contribution in [0, 0.1) is 5.82 Å². The van der Waals surface area contributed by atoms with E-state index in [9.17, 15) is 4.39 Å². The van der Waals surface area contributed by atoms with Crippen LogP contribution in [-0.4, -0.2) is 49.7 Å². The van der Waals surface area contributed by atoms with Crippen LogP contribution in [0.2, 0.25) is 0 Å². The number of nitrogens with zero attached hydrogens (tertiary/aromatic N) is 2. The number of aliphatic imine (C=N–C) groups is 1. The van der Waals surface area contributed by atoms with Crippen LogP contribution in [-0.2, 0) is 10.2 Å². The highest BCUT2D eigenvalue weighted by Crippen LogP contribution is 2.48. The third kappa shape index (κ3) is 4.51. The highest BCUT2D eigenvalue weighted by Gasteiger charge is 2.44. The van der Waals surface area contributed by atoms with E-state index >= 15 is 0 Å².